The van der Waals surface area contributed by atoms with E-state index in [4.69, 9.17) is 19.5 Å². The van der Waals surface area contributed by atoms with Crippen molar-refractivity contribution < 1.29 is 42.2 Å². The molecule has 26 heavy (non-hydrogen) atoms. The third kappa shape index (κ3) is 7.03. The van der Waals surface area contributed by atoms with Crippen molar-refractivity contribution in [1.29, 1.82) is 0 Å². The van der Waals surface area contributed by atoms with Gasteiger partial charge in [-0.25, -0.2) is 10.3 Å². The minimum atomic E-state index is -5.08. The summed E-state index contributed by atoms with van der Waals surface area (Å²) in [5, 5.41) is 7.12. The van der Waals surface area contributed by atoms with Crippen LogP contribution in [0.2, 0.25) is 0 Å². The molecule has 0 spiro atoms. The van der Waals surface area contributed by atoms with Gasteiger partial charge in [-0.3, -0.25) is 19.4 Å². The molecule has 0 aromatic carbocycles. The Morgan fingerprint density at radius 2 is 2.15 bits per heavy atom. The molecule has 2 rings (SSSR count). The van der Waals surface area contributed by atoms with Crippen LogP contribution in [0.5, 0.6) is 0 Å². The van der Waals surface area contributed by atoms with Crippen LogP contribution in [0.15, 0.2) is 24.5 Å². The number of aliphatic carboxylic acids is 1. The number of rotatable bonds is 4. The third-order valence-electron chi connectivity index (χ3n) is 2.93. The van der Waals surface area contributed by atoms with Crippen LogP contribution in [-0.2, 0) is 30.6 Å². The van der Waals surface area contributed by atoms with E-state index in [9.17, 15) is 22.8 Å². The molecule has 1 unspecified atom stereocenters. The predicted octanol–water partition coefficient (Wildman–Crippen LogP) is 0.120. The minimum Gasteiger partial charge on any atom is -0.475 e. The molecule has 0 saturated carbocycles. The molecule has 1 atom stereocenters. The Morgan fingerprint density at radius 1 is 1.50 bits per heavy atom. The van der Waals surface area contributed by atoms with Gasteiger partial charge in [-0.05, 0) is 11.6 Å². The Morgan fingerprint density at radius 3 is 2.69 bits per heavy atom. The molecule has 2 N–H and O–H groups in total. The SMILES string of the molecule is CN1CCOC(C(=O)NOCc2cccnc2)C1=O.O=C(O)C(F)(F)F. The third-order valence-corrected chi connectivity index (χ3v) is 2.93. The highest BCUT2D eigenvalue weighted by Gasteiger charge is 2.38. The van der Waals surface area contributed by atoms with E-state index in [0.717, 1.165) is 5.56 Å². The topological polar surface area (TPSA) is 118 Å². The van der Waals surface area contributed by atoms with E-state index < -0.39 is 24.2 Å². The van der Waals surface area contributed by atoms with Crippen molar-refractivity contribution in [3.63, 3.8) is 0 Å². The molecule has 0 radical (unpaired) electrons. The van der Waals surface area contributed by atoms with E-state index in [-0.39, 0.29) is 12.5 Å². The molecule has 12 heteroatoms. The number of halogens is 3. The molecule has 0 aliphatic carbocycles. The number of likely N-dealkylation sites (N-methyl/N-ethyl adjacent to an activating group) is 1. The number of hydrogen-bond donors (Lipinski definition) is 2. The first-order valence-electron chi connectivity index (χ1n) is 7.10. The summed E-state index contributed by atoms with van der Waals surface area (Å²) in [6.07, 6.45) is -2.94. The van der Waals surface area contributed by atoms with Gasteiger partial charge in [-0.2, -0.15) is 13.2 Å². The number of ether oxygens (including phenoxy) is 1. The zero-order valence-electron chi connectivity index (χ0n) is 13.5. The lowest BCUT2D eigenvalue weighted by Gasteiger charge is -2.28. The van der Waals surface area contributed by atoms with Crippen molar-refractivity contribution in [2.24, 2.45) is 0 Å². The molecule has 1 aliphatic heterocycles. The van der Waals surface area contributed by atoms with Gasteiger partial charge >= 0.3 is 12.1 Å². The highest BCUT2D eigenvalue weighted by Crippen LogP contribution is 2.13. The van der Waals surface area contributed by atoms with Gasteiger partial charge in [0.05, 0.1) is 6.61 Å². The van der Waals surface area contributed by atoms with Crippen LogP contribution in [0.3, 0.4) is 0 Å². The Kier molecular flexibility index (Phi) is 7.93. The van der Waals surface area contributed by atoms with Crippen molar-refractivity contribution in [3.8, 4) is 0 Å². The Balaban J connectivity index is 0.000000412. The van der Waals surface area contributed by atoms with Crippen LogP contribution < -0.4 is 5.48 Å². The largest absolute Gasteiger partial charge is 0.490 e. The second kappa shape index (κ2) is 9.68. The van der Waals surface area contributed by atoms with Crippen molar-refractivity contribution in [2.45, 2.75) is 18.9 Å². The lowest BCUT2D eigenvalue weighted by Crippen LogP contribution is -2.52. The monoisotopic (exact) mass is 379 g/mol. The van der Waals surface area contributed by atoms with Gasteiger partial charge in [0.15, 0.2) is 0 Å². The lowest BCUT2D eigenvalue weighted by molar-refractivity contribution is -0.192. The van der Waals surface area contributed by atoms with Crippen LogP contribution >= 0.6 is 0 Å². The molecule has 1 aromatic heterocycles. The number of carbonyl (C=O) groups is 3. The quantitative estimate of drug-likeness (QED) is 0.563. The number of nitrogens with zero attached hydrogens (tertiary/aromatic N) is 2. The Labute approximate surface area is 145 Å². The predicted molar refractivity (Wildman–Crippen MR) is 78.2 cm³/mol. The molecule has 0 bridgehead atoms. The van der Waals surface area contributed by atoms with Gasteiger partial charge in [-0.1, -0.05) is 6.07 Å². The number of carbonyl (C=O) groups excluding carboxylic acids is 2. The first-order valence-corrected chi connectivity index (χ1v) is 7.10. The van der Waals surface area contributed by atoms with Crippen molar-refractivity contribution in [3.05, 3.63) is 30.1 Å². The standard InChI is InChI=1S/C12H15N3O4.C2HF3O2/c1-15-5-6-18-10(12(15)17)11(16)14-19-8-9-3-2-4-13-7-9;3-2(4,5)1(6)7/h2-4,7,10H,5-6,8H2,1H3,(H,14,16);(H,6,7). The number of carboxylic acid groups (broad SMARTS) is 1. The number of alkyl halides is 3. The molecule has 9 nitrogen and oxygen atoms in total. The summed E-state index contributed by atoms with van der Waals surface area (Å²) in [7, 11) is 1.63. The average Bonchev–Trinajstić information content (AvgIpc) is 2.58. The van der Waals surface area contributed by atoms with Gasteiger partial charge in [0, 0.05) is 26.0 Å². The highest BCUT2D eigenvalue weighted by molar-refractivity contribution is 6.03. The van der Waals surface area contributed by atoms with Crippen LogP contribution in [0, 0.1) is 0 Å². The second-order valence-electron chi connectivity index (χ2n) is 4.93. The molecular formula is C14H16F3N3O6. The molecule has 2 heterocycles. The van der Waals surface area contributed by atoms with Gasteiger partial charge in [-0.15, -0.1) is 0 Å². The van der Waals surface area contributed by atoms with E-state index in [2.05, 4.69) is 10.5 Å². The zero-order valence-corrected chi connectivity index (χ0v) is 13.5. The summed E-state index contributed by atoms with van der Waals surface area (Å²) in [6.45, 7) is 0.998. The average molecular weight is 379 g/mol. The van der Waals surface area contributed by atoms with Crippen molar-refractivity contribution >= 4 is 17.8 Å². The molecule has 2 amide bonds. The minimum absolute atomic E-state index is 0.177. The number of nitrogens with one attached hydrogen (secondary N) is 1. The van der Waals surface area contributed by atoms with Crippen molar-refractivity contribution in [1.82, 2.24) is 15.4 Å². The summed E-state index contributed by atoms with van der Waals surface area (Å²) < 4.78 is 36.9. The number of aromatic nitrogens is 1. The highest BCUT2D eigenvalue weighted by atomic mass is 19.4. The number of amides is 2. The van der Waals surface area contributed by atoms with E-state index in [0.29, 0.717) is 13.2 Å². The summed E-state index contributed by atoms with van der Waals surface area (Å²) in [6, 6.07) is 3.58. The summed E-state index contributed by atoms with van der Waals surface area (Å²) in [4.78, 5) is 42.7. The molecule has 144 valence electrons. The van der Waals surface area contributed by atoms with Gasteiger partial charge in [0.25, 0.3) is 11.8 Å². The molecule has 1 fully saturated rings. The maximum atomic E-state index is 11.7. The van der Waals surface area contributed by atoms with E-state index in [1.54, 1.807) is 25.5 Å². The van der Waals surface area contributed by atoms with Gasteiger partial charge < -0.3 is 14.7 Å². The normalized spacial score (nSPS) is 17.2. The number of carboxylic acids is 1. The molecule has 1 aromatic rings. The molecule has 1 saturated heterocycles. The number of hydrogen-bond acceptors (Lipinski definition) is 6. The summed E-state index contributed by atoms with van der Waals surface area (Å²) >= 11 is 0. The van der Waals surface area contributed by atoms with E-state index in [1.807, 2.05) is 6.07 Å². The van der Waals surface area contributed by atoms with Crippen LogP contribution in [0.25, 0.3) is 0 Å². The van der Waals surface area contributed by atoms with E-state index >= 15 is 0 Å². The Hall–Kier alpha value is -2.73. The van der Waals surface area contributed by atoms with Crippen LogP contribution in [0.1, 0.15) is 5.56 Å². The summed E-state index contributed by atoms with van der Waals surface area (Å²) in [5.41, 5.74) is 3.03. The first-order chi connectivity index (χ1) is 12.1. The maximum absolute atomic E-state index is 11.7. The van der Waals surface area contributed by atoms with Crippen LogP contribution in [0.4, 0.5) is 13.2 Å². The number of morpholine rings is 1. The van der Waals surface area contributed by atoms with E-state index in [1.165, 1.54) is 4.90 Å². The maximum Gasteiger partial charge on any atom is 0.490 e. The number of pyridine rings is 1. The van der Waals surface area contributed by atoms with Gasteiger partial charge in [0.2, 0.25) is 6.10 Å². The van der Waals surface area contributed by atoms with Gasteiger partial charge in [0.1, 0.15) is 6.61 Å². The fourth-order valence-electron chi connectivity index (χ4n) is 1.60. The second-order valence-corrected chi connectivity index (χ2v) is 4.93. The lowest BCUT2D eigenvalue weighted by atomic mass is 10.2. The first kappa shape index (κ1) is 21.3. The fourth-order valence-corrected chi connectivity index (χ4v) is 1.60. The zero-order chi connectivity index (χ0) is 19.7. The Bertz CT molecular complexity index is 626. The summed E-state index contributed by atoms with van der Waals surface area (Å²) in [5.74, 6) is -3.72. The smallest absolute Gasteiger partial charge is 0.475 e. The number of hydroxylamine groups is 1. The molecule has 1 aliphatic rings. The molecular weight excluding hydrogens is 363 g/mol. The fraction of sp³-hybridized carbons (Fsp3) is 0.429. The van der Waals surface area contributed by atoms with Crippen molar-refractivity contribution in [2.75, 3.05) is 20.2 Å². The van der Waals surface area contributed by atoms with Crippen LogP contribution in [-0.4, -0.2) is 65.3 Å².